The number of carboxylic acid groups (broad SMARTS) is 1. The fraction of sp³-hybridized carbons (Fsp3) is 0.379. The number of carbonyl (C=O) groups excluding carboxylic acids is 3. The van der Waals surface area contributed by atoms with Crippen molar-refractivity contribution in [2.75, 3.05) is 0 Å². The Morgan fingerprint density at radius 3 is 2.15 bits per heavy atom. The summed E-state index contributed by atoms with van der Waals surface area (Å²) in [6, 6.07) is 9.30. The summed E-state index contributed by atoms with van der Waals surface area (Å²) in [6.07, 6.45) is 2.19. The van der Waals surface area contributed by atoms with E-state index in [1.54, 1.807) is 18.3 Å². The Hall–Kier alpha value is -4.38. The highest BCUT2D eigenvalue weighted by Gasteiger charge is 2.29. The maximum atomic E-state index is 13.4. The number of phenolic OH excluding ortho intramolecular Hbond substituents is 1. The number of para-hydroxylation sites is 1. The topological polar surface area (TPSA) is 187 Å². The molecule has 11 heteroatoms. The highest BCUT2D eigenvalue weighted by atomic mass is 16.4. The Morgan fingerprint density at radius 1 is 0.850 bits per heavy atom. The molecular formula is C29H37N5O6. The van der Waals surface area contributed by atoms with Gasteiger partial charge in [0.15, 0.2) is 0 Å². The Morgan fingerprint density at radius 2 is 1.50 bits per heavy atom. The number of benzene rings is 2. The third-order valence-corrected chi connectivity index (χ3v) is 6.54. The molecule has 3 rings (SSSR count). The van der Waals surface area contributed by atoms with Gasteiger partial charge in [0.25, 0.3) is 0 Å². The zero-order valence-electron chi connectivity index (χ0n) is 22.8. The number of aromatic nitrogens is 1. The molecule has 40 heavy (non-hydrogen) atoms. The van der Waals surface area contributed by atoms with Gasteiger partial charge < -0.3 is 36.9 Å². The van der Waals surface area contributed by atoms with E-state index in [-0.39, 0.29) is 24.5 Å². The molecule has 0 aliphatic carbocycles. The lowest BCUT2D eigenvalue weighted by Crippen LogP contribution is -2.57. The van der Waals surface area contributed by atoms with E-state index in [1.165, 1.54) is 19.1 Å². The second kappa shape index (κ2) is 13.6. The zero-order chi connectivity index (χ0) is 29.4. The standard InChI is InChI=1S/C29H37N5O6/c1-16(2)12-22(30)27(37)32-17(3)26(36)33-24(13-18-8-10-20(35)11-9-18)28(38)34-25(29(39)40)14-19-15-31-23-7-5-4-6-21(19)23/h4-11,15-17,22,24-25,31,35H,12-14,30H2,1-3H3,(H,32,37)(H,33,36)(H,34,38)(H,39,40). The number of rotatable bonds is 13. The molecule has 1 aromatic heterocycles. The summed E-state index contributed by atoms with van der Waals surface area (Å²) in [5, 5.41) is 28.1. The van der Waals surface area contributed by atoms with Crippen molar-refractivity contribution in [1.82, 2.24) is 20.9 Å². The van der Waals surface area contributed by atoms with Crippen molar-refractivity contribution in [2.24, 2.45) is 11.7 Å². The summed E-state index contributed by atoms with van der Waals surface area (Å²) >= 11 is 0. The van der Waals surface area contributed by atoms with E-state index in [4.69, 9.17) is 5.73 Å². The van der Waals surface area contributed by atoms with E-state index < -0.39 is 47.9 Å². The quantitative estimate of drug-likeness (QED) is 0.168. The van der Waals surface area contributed by atoms with Gasteiger partial charge in [-0.05, 0) is 48.6 Å². The van der Waals surface area contributed by atoms with Crippen LogP contribution in [0.4, 0.5) is 0 Å². The number of nitrogens with two attached hydrogens (primary N) is 1. The van der Waals surface area contributed by atoms with Gasteiger partial charge in [0.2, 0.25) is 17.7 Å². The molecule has 2 aromatic carbocycles. The van der Waals surface area contributed by atoms with Crippen molar-refractivity contribution in [3.63, 3.8) is 0 Å². The van der Waals surface area contributed by atoms with Gasteiger partial charge >= 0.3 is 5.97 Å². The number of aliphatic carboxylic acids is 1. The first-order valence-corrected chi connectivity index (χ1v) is 13.2. The molecule has 11 nitrogen and oxygen atoms in total. The number of carbonyl (C=O) groups is 4. The van der Waals surface area contributed by atoms with Gasteiger partial charge in [0.1, 0.15) is 23.9 Å². The summed E-state index contributed by atoms with van der Waals surface area (Å²) in [5.74, 6) is -2.83. The number of nitrogens with one attached hydrogen (secondary N) is 4. The Balaban J connectivity index is 1.75. The van der Waals surface area contributed by atoms with Gasteiger partial charge in [0, 0.05) is 29.9 Å². The second-order valence-electron chi connectivity index (χ2n) is 10.4. The van der Waals surface area contributed by atoms with Crippen LogP contribution in [0.25, 0.3) is 10.9 Å². The lowest BCUT2D eigenvalue weighted by Gasteiger charge is -2.24. The molecule has 0 spiro atoms. The predicted octanol–water partition coefficient (Wildman–Crippen LogP) is 1.59. The van der Waals surface area contributed by atoms with E-state index in [2.05, 4.69) is 20.9 Å². The number of aromatic amines is 1. The van der Waals surface area contributed by atoms with Crippen LogP contribution in [0.5, 0.6) is 5.75 Å². The molecular weight excluding hydrogens is 514 g/mol. The Bertz CT molecular complexity index is 1340. The van der Waals surface area contributed by atoms with Crippen LogP contribution >= 0.6 is 0 Å². The molecule has 8 N–H and O–H groups in total. The molecule has 3 aromatic rings. The first-order chi connectivity index (χ1) is 18.9. The van der Waals surface area contributed by atoms with Crippen molar-refractivity contribution in [3.05, 3.63) is 65.9 Å². The Labute approximate surface area is 232 Å². The summed E-state index contributed by atoms with van der Waals surface area (Å²) < 4.78 is 0. The third kappa shape index (κ3) is 8.31. The van der Waals surface area contributed by atoms with Crippen molar-refractivity contribution in [1.29, 1.82) is 0 Å². The molecule has 0 radical (unpaired) electrons. The molecule has 0 saturated carbocycles. The number of carboxylic acids is 1. The van der Waals surface area contributed by atoms with Crippen LogP contribution in [0.2, 0.25) is 0 Å². The van der Waals surface area contributed by atoms with Gasteiger partial charge in [-0.3, -0.25) is 14.4 Å². The van der Waals surface area contributed by atoms with Crippen LogP contribution in [0.15, 0.2) is 54.7 Å². The second-order valence-corrected chi connectivity index (χ2v) is 10.4. The van der Waals surface area contributed by atoms with Crippen LogP contribution in [0.3, 0.4) is 0 Å². The molecule has 4 unspecified atom stereocenters. The molecule has 214 valence electrons. The van der Waals surface area contributed by atoms with Gasteiger partial charge in [-0.25, -0.2) is 4.79 Å². The molecule has 4 atom stereocenters. The number of aromatic hydroxyl groups is 1. The van der Waals surface area contributed by atoms with Crippen LogP contribution in [-0.4, -0.2) is 63.1 Å². The van der Waals surface area contributed by atoms with E-state index in [1.807, 2.05) is 38.1 Å². The summed E-state index contributed by atoms with van der Waals surface area (Å²) in [6.45, 7) is 5.33. The Kier molecular flexibility index (Phi) is 10.3. The van der Waals surface area contributed by atoms with E-state index >= 15 is 0 Å². The van der Waals surface area contributed by atoms with Gasteiger partial charge in [-0.1, -0.05) is 44.2 Å². The number of amides is 3. The third-order valence-electron chi connectivity index (χ3n) is 6.54. The van der Waals surface area contributed by atoms with Crippen LogP contribution in [0.1, 0.15) is 38.3 Å². The first-order valence-electron chi connectivity index (χ1n) is 13.2. The smallest absolute Gasteiger partial charge is 0.326 e. The first kappa shape index (κ1) is 30.2. The molecule has 0 aliphatic rings. The monoisotopic (exact) mass is 551 g/mol. The zero-order valence-corrected chi connectivity index (χ0v) is 22.8. The summed E-state index contributed by atoms with van der Waals surface area (Å²) in [4.78, 5) is 54.0. The molecule has 0 aliphatic heterocycles. The molecule has 0 fully saturated rings. The molecule has 0 bridgehead atoms. The lowest BCUT2D eigenvalue weighted by atomic mass is 10.0. The average molecular weight is 552 g/mol. The lowest BCUT2D eigenvalue weighted by molar-refractivity contribution is -0.142. The van der Waals surface area contributed by atoms with Crippen molar-refractivity contribution >= 4 is 34.6 Å². The van der Waals surface area contributed by atoms with E-state index in [0.29, 0.717) is 12.0 Å². The summed E-state index contributed by atoms with van der Waals surface area (Å²) in [5.41, 5.74) is 8.10. The van der Waals surface area contributed by atoms with Crippen LogP contribution in [-0.2, 0) is 32.0 Å². The number of hydrogen-bond acceptors (Lipinski definition) is 6. The average Bonchev–Trinajstić information content (AvgIpc) is 3.31. The highest BCUT2D eigenvalue weighted by molar-refractivity contribution is 5.94. The number of H-pyrrole nitrogens is 1. The van der Waals surface area contributed by atoms with E-state index in [0.717, 1.165) is 16.5 Å². The predicted molar refractivity (Wildman–Crippen MR) is 150 cm³/mol. The maximum Gasteiger partial charge on any atom is 0.326 e. The highest BCUT2D eigenvalue weighted by Crippen LogP contribution is 2.19. The van der Waals surface area contributed by atoms with E-state index in [9.17, 15) is 29.4 Å². The van der Waals surface area contributed by atoms with Gasteiger partial charge in [-0.2, -0.15) is 0 Å². The minimum Gasteiger partial charge on any atom is -0.508 e. The summed E-state index contributed by atoms with van der Waals surface area (Å²) in [7, 11) is 0. The minimum absolute atomic E-state index is 0.0187. The van der Waals surface area contributed by atoms with Crippen molar-refractivity contribution in [3.8, 4) is 5.75 Å². The molecule has 3 amide bonds. The van der Waals surface area contributed by atoms with Gasteiger partial charge in [0.05, 0.1) is 6.04 Å². The van der Waals surface area contributed by atoms with Gasteiger partial charge in [-0.15, -0.1) is 0 Å². The van der Waals surface area contributed by atoms with Crippen molar-refractivity contribution in [2.45, 2.75) is 64.2 Å². The number of phenols is 1. The minimum atomic E-state index is -1.27. The number of fused-ring (bicyclic) bond motifs is 1. The maximum absolute atomic E-state index is 13.4. The SMILES string of the molecule is CC(C)CC(N)C(=O)NC(C)C(=O)NC(Cc1ccc(O)cc1)C(=O)NC(Cc1c[nH]c2ccccc12)C(=O)O. The van der Waals surface area contributed by atoms with Crippen LogP contribution in [0, 0.1) is 5.92 Å². The largest absolute Gasteiger partial charge is 0.508 e. The fourth-order valence-electron chi connectivity index (χ4n) is 4.37. The fourth-order valence-corrected chi connectivity index (χ4v) is 4.37. The number of hydrogen-bond donors (Lipinski definition) is 7. The molecule has 1 heterocycles. The van der Waals surface area contributed by atoms with Crippen LogP contribution < -0.4 is 21.7 Å². The molecule has 0 saturated heterocycles. The van der Waals surface area contributed by atoms with Crippen molar-refractivity contribution < 1.29 is 29.4 Å². The normalized spacial score (nSPS) is 14.2.